The average molecular weight is 925 g/mol. The van der Waals surface area contributed by atoms with Gasteiger partial charge in [0.2, 0.25) is 5.60 Å². The smallest absolute Gasteiger partial charge is 0.407 e. The molecule has 7 rings (SSSR count). The normalized spacial score (nSPS) is 16.6. The van der Waals surface area contributed by atoms with Crippen molar-refractivity contribution in [1.82, 2.24) is 25.5 Å². The first kappa shape index (κ1) is 44.9. The number of carboxylic acids is 1. The molecule has 3 aromatic carbocycles. The number of thiazole rings is 1. The Hall–Kier alpha value is -6.14. The number of carbonyl (C=O) groups excluding carboxylic acids is 3. The van der Waals surface area contributed by atoms with Gasteiger partial charge in [-0.05, 0) is 38.8 Å². The standard InChI is InChI=1S/C45H42ClN7O7S3/c1-44(2,3)59-43(58)49-23-14-13-15-27-25-48-24-22-31(27)62-32-26-61-40-35(39(55)53(40)36(32)41(56)57)50-38(54)34(33-37(46)63-42(47)51-33)52-60-45(28-16-7-4-8-17-28,29-18-9-5-10-19-29)30-20-11-6-12-21-30/h4-14,16-22,24-25,35,40H,15,23,26H2,1-3H3,(H2,47,51)(H,49,58)(H,50,54)(H,56,57)/b14-13-,52-34-/t35-,40-/m1/s1. The third-order valence-electron chi connectivity index (χ3n) is 9.64. The number of nitrogens with one attached hydrogen (secondary N) is 2. The van der Waals surface area contributed by atoms with Crippen LogP contribution in [0, 0.1) is 0 Å². The molecule has 4 heterocycles. The number of ether oxygens (including phenoxy) is 1. The molecule has 2 aliphatic rings. The van der Waals surface area contributed by atoms with Crippen molar-refractivity contribution in [1.29, 1.82) is 0 Å². The highest BCUT2D eigenvalue weighted by atomic mass is 35.5. The van der Waals surface area contributed by atoms with Crippen molar-refractivity contribution in [2.24, 2.45) is 5.16 Å². The van der Waals surface area contributed by atoms with E-state index < -0.39 is 46.5 Å². The number of aromatic nitrogens is 2. The van der Waals surface area contributed by atoms with Crippen LogP contribution in [0.25, 0.3) is 0 Å². The summed E-state index contributed by atoms with van der Waals surface area (Å²) in [6.07, 6.45) is 6.85. The summed E-state index contributed by atoms with van der Waals surface area (Å²) >= 11 is 10.1. The minimum atomic E-state index is -1.37. The van der Waals surface area contributed by atoms with Crippen molar-refractivity contribution in [2.75, 3.05) is 18.0 Å². The number of hydrogen-bond donors (Lipinski definition) is 4. The minimum Gasteiger partial charge on any atom is -0.477 e. The molecule has 18 heteroatoms. The van der Waals surface area contributed by atoms with Gasteiger partial charge in [-0.3, -0.25) is 19.5 Å². The number of rotatable bonds is 15. The van der Waals surface area contributed by atoms with Crippen LogP contribution in [0.4, 0.5) is 9.93 Å². The second-order valence-corrected chi connectivity index (χ2v) is 18.9. The summed E-state index contributed by atoms with van der Waals surface area (Å²) in [4.78, 5) is 70.8. The van der Waals surface area contributed by atoms with Crippen molar-refractivity contribution >= 4 is 81.2 Å². The lowest BCUT2D eigenvalue weighted by Gasteiger charge is -2.49. The SMILES string of the molecule is CC(C)(C)OC(=O)NC/C=C\Cc1cnccc1SC1=C(C(=O)O)N2C(=O)[C@@H](NC(=O)/C(=N\OC(c3ccccc3)(c3ccccc3)c3ccccc3)c3nc(N)sc3Cl)[C@H]2SC1. The number of nitrogens with two attached hydrogens (primary N) is 1. The molecule has 0 radical (unpaired) electrons. The molecule has 63 heavy (non-hydrogen) atoms. The molecular weight excluding hydrogens is 882 g/mol. The number of benzene rings is 3. The first-order valence-electron chi connectivity index (χ1n) is 19.6. The topological polar surface area (TPSA) is 198 Å². The third-order valence-corrected chi connectivity index (χ3v) is 13.4. The van der Waals surface area contributed by atoms with Crippen LogP contribution >= 0.6 is 46.5 Å². The summed E-state index contributed by atoms with van der Waals surface area (Å²) < 4.78 is 5.34. The minimum absolute atomic E-state index is 0.0493. The molecule has 14 nitrogen and oxygen atoms in total. The van der Waals surface area contributed by atoms with Gasteiger partial charge in [0.25, 0.3) is 11.8 Å². The van der Waals surface area contributed by atoms with Crippen molar-refractivity contribution < 1.29 is 33.9 Å². The van der Waals surface area contributed by atoms with Crippen molar-refractivity contribution in [2.45, 2.75) is 54.7 Å². The Morgan fingerprint density at radius 2 is 1.60 bits per heavy atom. The Balaban J connectivity index is 1.13. The second-order valence-electron chi connectivity index (χ2n) is 15.1. The van der Waals surface area contributed by atoms with E-state index in [9.17, 15) is 24.3 Å². The zero-order valence-corrected chi connectivity index (χ0v) is 37.4. The number of amides is 3. The molecule has 0 spiro atoms. The van der Waals surface area contributed by atoms with Crippen LogP contribution in [-0.2, 0) is 36.0 Å². The Bertz CT molecular complexity index is 2490. The van der Waals surface area contributed by atoms with Crippen LogP contribution in [0.1, 0.15) is 48.7 Å². The molecule has 0 bridgehead atoms. The second kappa shape index (κ2) is 19.5. The van der Waals surface area contributed by atoms with Crippen LogP contribution in [0.5, 0.6) is 0 Å². The number of nitrogen functional groups attached to an aromatic ring is 1. The number of thioether (sulfide) groups is 2. The number of allylic oxidation sites excluding steroid dienone is 1. The lowest BCUT2D eigenvalue weighted by molar-refractivity contribution is -0.150. The molecule has 3 amide bonds. The summed E-state index contributed by atoms with van der Waals surface area (Å²) in [6.45, 7) is 5.60. The highest BCUT2D eigenvalue weighted by molar-refractivity contribution is 8.06. The Morgan fingerprint density at radius 3 is 2.16 bits per heavy atom. The number of oxime groups is 1. The van der Waals surface area contributed by atoms with E-state index in [1.807, 2.05) is 97.1 Å². The zero-order chi connectivity index (χ0) is 44.7. The molecule has 2 aliphatic heterocycles. The molecular formula is C45H42ClN7O7S3. The summed E-state index contributed by atoms with van der Waals surface area (Å²) in [5.41, 5.74) is 6.45. The van der Waals surface area contributed by atoms with Gasteiger partial charge in [-0.15, -0.1) is 11.8 Å². The molecule has 5 N–H and O–H groups in total. The molecule has 0 aliphatic carbocycles. The van der Waals surface area contributed by atoms with E-state index in [4.69, 9.17) is 26.9 Å². The fraction of sp³-hybridized carbons (Fsp3) is 0.222. The molecule has 0 saturated carbocycles. The molecule has 324 valence electrons. The highest BCUT2D eigenvalue weighted by Crippen LogP contribution is 2.46. The quantitative estimate of drug-likeness (QED) is 0.0264. The Labute approximate surface area is 381 Å². The van der Waals surface area contributed by atoms with Crippen LogP contribution in [-0.4, -0.2) is 78.9 Å². The van der Waals surface area contributed by atoms with Crippen molar-refractivity contribution in [3.05, 3.63) is 164 Å². The summed E-state index contributed by atoms with van der Waals surface area (Å²) in [5.74, 6) is -2.51. The van der Waals surface area contributed by atoms with Crippen LogP contribution < -0.4 is 16.4 Å². The predicted molar refractivity (Wildman–Crippen MR) is 245 cm³/mol. The lowest BCUT2D eigenvalue weighted by Crippen LogP contribution is -2.71. The number of halogens is 1. The molecule has 5 aromatic rings. The number of fused-ring (bicyclic) bond motifs is 1. The fourth-order valence-corrected chi connectivity index (χ4v) is 10.4. The van der Waals surface area contributed by atoms with Crippen molar-refractivity contribution in [3.8, 4) is 0 Å². The van der Waals surface area contributed by atoms with Gasteiger partial charge in [0.05, 0.1) is 0 Å². The van der Waals surface area contributed by atoms with Gasteiger partial charge in [0.1, 0.15) is 32.7 Å². The first-order chi connectivity index (χ1) is 30.3. The summed E-state index contributed by atoms with van der Waals surface area (Å²) in [7, 11) is 0. The molecule has 0 unspecified atom stereocenters. The van der Waals surface area contributed by atoms with Gasteiger partial charge in [-0.25, -0.2) is 14.6 Å². The van der Waals surface area contributed by atoms with Gasteiger partial charge in [0.15, 0.2) is 10.8 Å². The largest absolute Gasteiger partial charge is 0.477 e. The van der Waals surface area contributed by atoms with E-state index in [-0.39, 0.29) is 38.9 Å². The molecule has 2 atom stereocenters. The maximum absolute atomic E-state index is 14.4. The third kappa shape index (κ3) is 10.1. The van der Waals surface area contributed by atoms with Gasteiger partial charge in [-0.2, -0.15) is 0 Å². The number of β-lactam (4-membered cyclic amide) rings is 1. The number of pyridine rings is 1. The Kier molecular flexibility index (Phi) is 13.9. The van der Waals surface area contributed by atoms with Crippen LogP contribution in [0.2, 0.25) is 4.34 Å². The highest BCUT2D eigenvalue weighted by Gasteiger charge is 2.55. The van der Waals surface area contributed by atoms with E-state index in [1.54, 1.807) is 45.3 Å². The molecule has 2 aromatic heterocycles. The lowest BCUT2D eigenvalue weighted by atomic mass is 9.80. The zero-order valence-electron chi connectivity index (χ0n) is 34.2. The van der Waals surface area contributed by atoms with E-state index in [2.05, 4.69) is 25.8 Å². The molecule has 1 fully saturated rings. The maximum atomic E-state index is 14.4. The van der Waals surface area contributed by atoms with E-state index in [1.165, 1.54) is 28.4 Å². The van der Waals surface area contributed by atoms with Gasteiger partial charge < -0.3 is 31.0 Å². The number of alkyl carbamates (subject to hydrolysis) is 1. The van der Waals surface area contributed by atoms with E-state index in [0.717, 1.165) is 21.8 Å². The van der Waals surface area contributed by atoms with Crippen molar-refractivity contribution in [3.63, 3.8) is 0 Å². The van der Waals surface area contributed by atoms with Gasteiger partial charge in [-0.1, -0.05) is 143 Å². The predicted octanol–water partition coefficient (Wildman–Crippen LogP) is 7.60. The monoisotopic (exact) mass is 923 g/mol. The number of carboxylic acid groups (broad SMARTS) is 1. The number of nitrogens with zero attached hydrogens (tertiary/aromatic N) is 4. The van der Waals surface area contributed by atoms with E-state index >= 15 is 0 Å². The first-order valence-corrected chi connectivity index (χ1v) is 22.6. The van der Waals surface area contributed by atoms with Gasteiger partial charge in [0, 0.05) is 51.2 Å². The van der Waals surface area contributed by atoms with Crippen LogP contribution in [0.15, 0.2) is 142 Å². The maximum Gasteiger partial charge on any atom is 0.407 e. The van der Waals surface area contributed by atoms with Gasteiger partial charge >= 0.3 is 12.1 Å². The number of anilines is 1. The van der Waals surface area contributed by atoms with Crippen LogP contribution in [0.3, 0.4) is 0 Å². The summed E-state index contributed by atoms with van der Waals surface area (Å²) in [6, 6.07) is 28.9. The van der Waals surface area contributed by atoms with E-state index in [0.29, 0.717) is 28.0 Å². The fourth-order valence-electron chi connectivity index (χ4n) is 6.88. The number of carbonyl (C=O) groups is 4. The number of hydrogen-bond acceptors (Lipinski definition) is 13. The summed E-state index contributed by atoms with van der Waals surface area (Å²) in [5, 5.41) is 19.8. The average Bonchev–Trinajstić information content (AvgIpc) is 3.61. The number of aliphatic carboxylic acids is 1. The molecule has 1 saturated heterocycles. The Morgan fingerprint density at radius 1 is 0.984 bits per heavy atom.